The Morgan fingerprint density at radius 3 is 2.92 bits per heavy atom. The first-order chi connectivity index (χ1) is 11.6. The van der Waals surface area contributed by atoms with Gasteiger partial charge in [0.25, 0.3) is 11.6 Å². The monoisotopic (exact) mass is 328 g/mol. The predicted molar refractivity (Wildman–Crippen MR) is 89.2 cm³/mol. The minimum atomic E-state index is -0.459. The summed E-state index contributed by atoms with van der Waals surface area (Å²) in [5.74, 6) is -0.123. The molecule has 0 saturated carbocycles. The Balaban J connectivity index is 1.95. The SMILES string of the molecule is CCC1CCCCN1C(=O)c1ccc(-n2ccnc2)c([N+](=O)[O-])c1. The molecule has 1 aliphatic heterocycles. The topological polar surface area (TPSA) is 81.3 Å². The van der Waals surface area contributed by atoms with E-state index in [1.54, 1.807) is 29.1 Å². The second-order valence-electron chi connectivity index (χ2n) is 5.99. The number of nitro benzene ring substituents is 1. The Labute approximate surface area is 140 Å². The highest BCUT2D eigenvalue weighted by molar-refractivity contribution is 5.95. The Bertz CT molecular complexity index is 742. The summed E-state index contributed by atoms with van der Waals surface area (Å²) in [6.45, 7) is 2.79. The third-order valence-electron chi connectivity index (χ3n) is 4.56. The summed E-state index contributed by atoms with van der Waals surface area (Å²) in [5.41, 5.74) is 0.676. The molecule has 1 aromatic carbocycles. The lowest BCUT2D eigenvalue weighted by Crippen LogP contribution is -2.43. The molecule has 0 bridgehead atoms. The molecule has 24 heavy (non-hydrogen) atoms. The number of imidazole rings is 1. The van der Waals surface area contributed by atoms with Crippen LogP contribution in [0.1, 0.15) is 43.0 Å². The number of rotatable bonds is 4. The van der Waals surface area contributed by atoms with E-state index in [1.807, 2.05) is 4.90 Å². The van der Waals surface area contributed by atoms with Crippen molar-refractivity contribution < 1.29 is 9.72 Å². The van der Waals surface area contributed by atoms with Crippen molar-refractivity contribution in [3.8, 4) is 5.69 Å². The Morgan fingerprint density at radius 1 is 1.42 bits per heavy atom. The molecule has 0 aliphatic carbocycles. The van der Waals surface area contributed by atoms with E-state index in [2.05, 4.69) is 11.9 Å². The van der Waals surface area contributed by atoms with Crippen LogP contribution in [-0.4, -0.2) is 37.9 Å². The van der Waals surface area contributed by atoms with Crippen LogP contribution in [0.3, 0.4) is 0 Å². The fraction of sp³-hybridized carbons (Fsp3) is 0.412. The van der Waals surface area contributed by atoms with Gasteiger partial charge in [0.2, 0.25) is 0 Å². The van der Waals surface area contributed by atoms with Gasteiger partial charge in [0.05, 0.1) is 11.3 Å². The highest BCUT2D eigenvalue weighted by Gasteiger charge is 2.28. The number of likely N-dealkylation sites (tertiary alicyclic amines) is 1. The highest BCUT2D eigenvalue weighted by atomic mass is 16.6. The van der Waals surface area contributed by atoms with Gasteiger partial charge in [0, 0.05) is 36.6 Å². The van der Waals surface area contributed by atoms with E-state index in [9.17, 15) is 14.9 Å². The van der Waals surface area contributed by atoms with Crippen LogP contribution < -0.4 is 0 Å². The third-order valence-corrected chi connectivity index (χ3v) is 4.56. The second-order valence-corrected chi connectivity index (χ2v) is 5.99. The number of nitrogens with zero attached hydrogens (tertiary/aromatic N) is 4. The van der Waals surface area contributed by atoms with E-state index in [0.717, 1.165) is 25.7 Å². The first-order valence-corrected chi connectivity index (χ1v) is 8.19. The van der Waals surface area contributed by atoms with Gasteiger partial charge in [-0.3, -0.25) is 14.9 Å². The van der Waals surface area contributed by atoms with Crippen LogP contribution in [-0.2, 0) is 0 Å². The molecule has 1 saturated heterocycles. The molecule has 126 valence electrons. The van der Waals surface area contributed by atoms with Crippen molar-refractivity contribution in [3.63, 3.8) is 0 Å². The molecule has 1 aromatic heterocycles. The maximum atomic E-state index is 12.8. The lowest BCUT2D eigenvalue weighted by molar-refractivity contribution is -0.384. The summed E-state index contributed by atoms with van der Waals surface area (Å²) in [5, 5.41) is 11.4. The Morgan fingerprint density at radius 2 is 2.25 bits per heavy atom. The van der Waals surface area contributed by atoms with Gasteiger partial charge in [0.15, 0.2) is 0 Å². The van der Waals surface area contributed by atoms with Crippen LogP contribution in [0.15, 0.2) is 36.9 Å². The zero-order valence-corrected chi connectivity index (χ0v) is 13.6. The van der Waals surface area contributed by atoms with Crippen LogP contribution in [0.25, 0.3) is 5.69 Å². The summed E-state index contributed by atoms with van der Waals surface area (Å²) in [6, 6.07) is 4.86. The van der Waals surface area contributed by atoms with Crippen molar-refractivity contribution in [1.29, 1.82) is 0 Å². The van der Waals surface area contributed by atoms with Crippen molar-refractivity contribution in [2.75, 3.05) is 6.54 Å². The van der Waals surface area contributed by atoms with Crippen molar-refractivity contribution in [2.24, 2.45) is 0 Å². The summed E-state index contributed by atoms with van der Waals surface area (Å²) in [4.78, 5) is 29.6. The second kappa shape index (κ2) is 6.82. The zero-order valence-electron chi connectivity index (χ0n) is 13.6. The van der Waals surface area contributed by atoms with Gasteiger partial charge < -0.3 is 9.47 Å². The minimum absolute atomic E-state index is 0.0936. The standard InChI is InChI=1S/C17H20N4O3/c1-2-14-5-3-4-9-20(14)17(22)13-6-7-15(16(11-13)21(23)24)19-10-8-18-12-19/h6-8,10-12,14H,2-5,9H2,1H3. The van der Waals surface area contributed by atoms with Gasteiger partial charge in [0.1, 0.15) is 5.69 Å². The largest absolute Gasteiger partial charge is 0.336 e. The van der Waals surface area contributed by atoms with E-state index in [-0.39, 0.29) is 17.6 Å². The van der Waals surface area contributed by atoms with Crippen molar-refractivity contribution in [3.05, 3.63) is 52.6 Å². The first kappa shape index (κ1) is 16.2. The van der Waals surface area contributed by atoms with E-state index < -0.39 is 4.92 Å². The average molecular weight is 328 g/mol. The Hall–Kier alpha value is -2.70. The van der Waals surface area contributed by atoms with Gasteiger partial charge >= 0.3 is 0 Å². The van der Waals surface area contributed by atoms with Gasteiger partial charge in [-0.25, -0.2) is 4.98 Å². The number of hydrogen-bond acceptors (Lipinski definition) is 4. The fourth-order valence-electron chi connectivity index (χ4n) is 3.28. The predicted octanol–water partition coefficient (Wildman–Crippen LogP) is 3.19. The molecule has 2 heterocycles. The molecular formula is C17H20N4O3. The van der Waals surface area contributed by atoms with Crippen molar-refractivity contribution >= 4 is 11.6 Å². The maximum absolute atomic E-state index is 12.8. The molecule has 7 nitrogen and oxygen atoms in total. The molecule has 7 heteroatoms. The molecule has 3 rings (SSSR count). The number of hydrogen-bond donors (Lipinski definition) is 0. The van der Waals surface area contributed by atoms with E-state index in [0.29, 0.717) is 17.8 Å². The minimum Gasteiger partial charge on any atom is -0.336 e. The Kier molecular flexibility index (Phi) is 4.59. The first-order valence-electron chi connectivity index (χ1n) is 8.19. The number of aromatic nitrogens is 2. The number of carbonyl (C=O) groups excluding carboxylic acids is 1. The molecule has 0 radical (unpaired) electrons. The number of carbonyl (C=O) groups is 1. The highest BCUT2D eigenvalue weighted by Crippen LogP contribution is 2.27. The summed E-state index contributed by atoms with van der Waals surface area (Å²) in [6.07, 6.45) is 8.71. The summed E-state index contributed by atoms with van der Waals surface area (Å²) in [7, 11) is 0. The zero-order chi connectivity index (χ0) is 17.1. The number of benzene rings is 1. The number of nitro groups is 1. The fourth-order valence-corrected chi connectivity index (χ4v) is 3.28. The van der Waals surface area contributed by atoms with Crippen LogP contribution in [0.5, 0.6) is 0 Å². The third kappa shape index (κ3) is 3.02. The van der Waals surface area contributed by atoms with Crippen molar-refractivity contribution in [2.45, 2.75) is 38.6 Å². The van der Waals surface area contributed by atoms with Crippen LogP contribution in [0.2, 0.25) is 0 Å². The smallest absolute Gasteiger partial charge is 0.294 e. The molecular weight excluding hydrogens is 308 g/mol. The van der Waals surface area contributed by atoms with E-state index >= 15 is 0 Å². The number of amides is 1. The molecule has 0 spiro atoms. The van der Waals surface area contributed by atoms with Crippen molar-refractivity contribution in [1.82, 2.24) is 14.5 Å². The summed E-state index contributed by atoms with van der Waals surface area (Å²) < 4.78 is 1.57. The van der Waals surface area contributed by atoms with Gasteiger partial charge in [-0.05, 0) is 37.8 Å². The molecule has 1 fully saturated rings. The van der Waals surface area contributed by atoms with Gasteiger partial charge in [-0.2, -0.15) is 0 Å². The van der Waals surface area contributed by atoms with Gasteiger partial charge in [-0.1, -0.05) is 6.92 Å². The molecule has 1 unspecified atom stereocenters. The quantitative estimate of drug-likeness (QED) is 0.637. The normalized spacial score (nSPS) is 17.7. The molecule has 1 amide bonds. The van der Waals surface area contributed by atoms with Crippen LogP contribution in [0.4, 0.5) is 5.69 Å². The lowest BCUT2D eigenvalue weighted by Gasteiger charge is -2.35. The molecule has 2 aromatic rings. The van der Waals surface area contributed by atoms with Crippen LogP contribution in [0, 0.1) is 10.1 Å². The van der Waals surface area contributed by atoms with Crippen LogP contribution >= 0.6 is 0 Å². The average Bonchev–Trinajstić information content (AvgIpc) is 3.15. The number of piperidine rings is 1. The summed E-state index contributed by atoms with van der Waals surface area (Å²) >= 11 is 0. The molecule has 0 N–H and O–H groups in total. The van der Waals surface area contributed by atoms with E-state index in [4.69, 9.17) is 0 Å². The van der Waals surface area contributed by atoms with E-state index in [1.165, 1.54) is 12.4 Å². The lowest BCUT2D eigenvalue weighted by atomic mass is 9.98. The van der Waals surface area contributed by atoms with Gasteiger partial charge in [-0.15, -0.1) is 0 Å². The molecule has 1 aliphatic rings. The molecule has 1 atom stereocenters. The maximum Gasteiger partial charge on any atom is 0.294 e.